The first-order valence-corrected chi connectivity index (χ1v) is 3.99. The second-order valence-electron chi connectivity index (χ2n) is 2.62. The summed E-state index contributed by atoms with van der Waals surface area (Å²) in [5.74, 6) is 0.248. The molecule has 4 nitrogen and oxygen atoms in total. The highest BCUT2D eigenvalue weighted by Crippen LogP contribution is 2.27. The number of hydrogen-bond acceptors (Lipinski definition) is 4. The Balaban J connectivity index is 0.00000196. The number of ether oxygens (including phenoxy) is 2. The zero-order valence-corrected chi connectivity index (χ0v) is 7.94. The first kappa shape index (κ1) is 13.2. The van der Waals surface area contributed by atoms with E-state index in [0.29, 0.717) is 23.3 Å². The lowest BCUT2D eigenvalue weighted by molar-refractivity contribution is -0.132. The van der Waals surface area contributed by atoms with Gasteiger partial charge in [0.15, 0.2) is 11.5 Å². The van der Waals surface area contributed by atoms with Gasteiger partial charge in [0.05, 0.1) is 7.11 Å². The third-order valence-electron chi connectivity index (χ3n) is 1.58. The van der Waals surface area contributed by atoms with E-state index >= 15 is 0 Å². The van der Waals surface area contributed by atoms with E-state index in [9.17, 15) is 9.59 Å². The van der Waals surface area contributed by atoms with E-state index in [2.05, 4.69) is 0 Å². The SMILES string of the molecule is C.COc1cc(C=O)ccc1OC(C)=O. The summed E-state index contributed by atoms with van der Waals surface area (Å²) < 4.78 is 9.81. The summed E-state index contributed by atoms with van der Waals surface area (Å²) in [7, 11) is 1.44. The van der Waals surface area contributed by atoms with Gasteiger partial charge in [-0.25, -0.2) is 0 Å². The van der Waals surface area contributed by atoms with Gasteiger partial charge >= 0.3 is 5.97 Å². The minimum absolute atomic E-state index is 0. The lowest BCUT2D eigenvalue weighted by Crippen LogP contribution is -2.03. The maximum atomic E-state index is 10.7. The highest BCUT2D eigenvalue weighted by Gasteiger charge is 2.07. The normalized spacial score (nSPS) is 8.67. The molecule has 0 atom stereocenters. The smallest absolute Gasteiger partial charge is 0.308 e. The van der Waals surface area contributed by atoms with Crippen molar-refractivity contribution >= 4 is 12.3 Å². The van der Waals surface area contributed by atoms with Crippen molar-refractivity contribution in [1.29, 1.82) is 0 Å². The minimum Gasteiger partial charge on any atom is -0.493 e. The van der Waals surface area contributed by atoms with E-state index in [-0.39, 0.29) is 7.43 Å². The first-order valence-electron chi connectivity index (χ1n) is 3.99. The Kier molecular flexibility index (Phi) is 5.09. The zero-order valence-electron chi connectivity index (χ0n) is 7.94. The molecule has 1 aromatic carbocycles. The quantitative estimate of drug-likeness (QED) is 0.435. The third-order valence-corrected chi connectivity index (χ3v) is 1.58. The van der Waals surface area contributed by atoms with Gasteiger partial charge in [0.25, 0.3) is 0 Å². The molecule has 0 aromatic heterocycles. The van der Waals surface area contributed by atoms with E-state index in [1.165, 1.54) is 26.2 Å². The monoisotopic (exact) mass is 210 g/mol. The molecule has 0 spiro atoms. The summed E-state index contributed by atoms with van der Waals surface area (Å²) in [6.07, 6.45) is 0.695. The van der Waals surface area contributed by atoms with E-state index in [0.717, 1.165) is 0 Å². The van der Waals surface area contributed by atoms with E-state index in [1.54, 1.807) is 6.07 Å². The summed E-state index contributed by atoms with van der Waals surface area (Å²) in [5.41, 5.74) is 0.470. The molecule has 0 saturated heterocycles. The standard InChI is InChI=1S/C10H10O4.CH4/c1-7(12)14-9-4-3-8(6-11)5-10(9)13-2;/h3-6H,1-2H3;1H4. The highest BCUT2D eigenvalue weighted by atomic mass is 16.6. The maximum absolute atomic E-state index is 10.7. The fourth-order valence-corrected chi connectivity index (χ4v) is 0.997. The molecular weight excluding hydrogens is 196 g/mol. The summed E-state index contributed by atoms with van der Waals surface area (Å²) in [5, 5.41) is 0. The maximum Gasteiger partial charge on any atom is 0.308 e. The van der Waals surface area contributed by atoms with Crippen LogP contribution in [0.1, 0.15) is 24.7 Å². The second kappa shape index (κ2) is 5.80. The number of esters is 1. The highest BCUT2D eigenvalue weighted by molar-refractivity contribution is 5.77. The van der Waals surface area contributed by atoms with Crippen molar-refractivity contribution in [3.8, 4) is 11.5 Å². The molecule has 0 saturated carbocycles. The van der Waals surface area contributed by atoms with Gasteiger partial charge in [0.1, 0.15) is 6.29 Å². The van der Waals surface area contributed by atoms with Gasteiger partial charge in [-0.2, -0.15) is 0 Å². The van der Waals surface area contributed by atoms with Crippen LogP contribution in [0.2, 0.25) is 0 Å². The molecule has 0 aliphatic rings. The largest absolute Gasteiger partial charge is 0.493 e. The molecule has 0 amide bonds. The molecule has 1 rings (SSSR count). The van der Waals surface area contributed by atoms with Crippen molar-refractivity contribution in [1.82, 2.24) is 0 Å². The van der Waals surface area contributed by atoms with Crippen molar-refractivity contribution in [2.45, 2.75) is 14.4 Å². The topological polar surface area (TPSA) is 52.6 Å². The number of carbonyl (C=O) groups is 2. The molecule has 0 bridgehead atoms. The van der Waals surface area contributed by atoms with Crippen LogP contribution in [0, 0.1) is 0 Å². The molecule has 15 heavy (non-hydrogen) atoms. The van der Waals surface area contributed by atoms with Crippen LogP contribution in [0.15, 0.2) is 18.2 Å². The van der Waals surface area contributed by atoms with Crippen LogP contribution in [0.4, 0.5) is 0 Å². The molecule has 4 heteroatoms. The molecule has 0 aliphatic carbocycles. The number of rotatable bonds is 3. The average Bonchev–Trinajstić information content (AvgIpc) is 2.17. The third kappa shape index (κ3) is 3.42. The van der Waals surface area contributed by atoms with Crippen LogP contribution < -0.4 is 9.47 Å². The fourth-order valence-electron chi connectivity index (χ4n) is 0.997. The lowest BCUT2D eigenvalue weighted by Gasteiger charge is -2.07. The molecule has 0 N–H and O–H groups in total. The van der Waals surface area contributed by atoms with Gasteiger partial charge in [-0.3, -0.25) is 9.59 Å². The number of methoxy groups -OCH3 is 1. The van der Waals surface area contributed by atoms with Crippen molar-refractivity contribution in [2.75, 3.05) is 7.11 Å². The Bertz CT molecular complexity index is 358. The van der Waals surface area contributed by atoms with Crippen molar-refractivity contribution in [2.24, 2.45) is 0 Å². The number of benzene rings is 1. The molecule has 0 fully saturated rings. The van der Waals surface area contributed by atoms with Crippen LogP contribution in [0.5, 0.6) is 11.5 Å². The molecular formula is C11H14O4. The van der Waals surface area contributed by atoms with Crippen LogP contribution in [-0.2, 0) is 4.79 Å². The van der Waals surface area contributed by atoms with Crippen molar-refractivity contribution < 1.29 is 19.1 Å². The summed E-state index contributed by atoms with van der Waals surface area (Å²) in [4.78, 5) is 21.1. The molecule has 82 valence electrons. The lowest BCUT2D eigenvalue weighted by atomic mass is 10.2. The number of carbonyl (C=O) groups excluding carboxylic acids is 2. The first-order chi connectivity index (χ1) is 6.67. The molecule has 0 radical (unpaired) electrons. The summed E-state index contributed by atoms with van der Waals surface area (Å²) >= 11 is 0. The van der Waals surface area contributed by atoms with Crippen LogP contribution in [0.25, 0.3) is 0 Å². The minimum atomic E-state index is -0.429. The van der Waals surface area contributed by atoms with Crippen molar-refractivity contribution in [3.63, 3.8) is 0 Å². The second-order valence-corrected chi connectivity index (χ2v) is 2.62. The van der Waals surface area contributed by atoms with Crippen LogP contribution in [0.3, 0.4) is 0 Å². The van der Waals surface area contributed by atoms with Gasteiger partial charge < -0.3 is 9.47 Å². The Hall–Kier alpha value is -1.84. The molecule has 0 unspecified atom stereocenters. The Morgan fingerprint density at radius 2 is 2.00 bits per heavy atom. The molecule has 0 aliphatic heterocycles. The van der Waals surface area contributed by atoms with Gasteiger partial charge in [-0.15, -0.1) is 0 Å². The van der Waals surface area contributed by atoms with Crippen molar-refractivity contribution in [3.05, 3.63) is 23.8 Å². The van der Waals surface area contributed by atoms with Crippen LogP contribution in [-0.4, -0.2) is 19.4 Å². The van der Waals surface area contributed by atoms with Gasteiger partial charge in [0.2, 0.25) is 0 Å². The molecule has 0 heterocycles. The average molecular weight is 210 g/mol. The number of hydrogen-bond donors (Lipinski definition) is 0. The summed E-state index contributed by atoms with van der Waals surface area (Å²) in [6.45, 7) is 1.30. The zero-order chi connectivity index (χ0) is 10.6. The Morgan fingerprint density at radius 1 is 1.33 bits per heavy atom. The van der Waals surface area contributed by atoms with Gasteiger partial charge in [0, 0.05) is 12.5 Å². The molecule has 1 aromatic rings. The predicted molar refractivity (Wildman–Crippen MR) is 56.4 cm³/mol. The fraction of sp³-hybridized carbons (Fsp3) is 0.273. The predicted octanol–water partition coefficient (Wildman–Crippen LogP) is 2.07. The van der Waals surface area contributed by atoms with E-state index in [4.69, 9.17) is 9.47 Å². The Morgan fingerprint density at radius 3 is 2.47 bits per heavy atom. The van der Waals surface area contributed by atoms with Gasteiger partial charge in [-0.05, 0) is 18.2 Å². The van der Waals surface area contributed by atoms with Crippen LogP contribution >= 0.6 is 0 Å². The Labute approximate surface area is 88.8 Å². The van der Waals surface area contributed by atoms with Gasteiger partial charge in [-0.1, -0.05) is 7.43 Å². The summed E-state index contributed by atoms with van der Waals surface area (Å²) in [6, 6.07) is 4.57. The van der Waals surface area contributed by atoms with E-state index in [1.807, 2.05) is 0 Å². The number of aldehydes is 1. The van der Waals surface area contributed by atoms with E-state index < -0.39 is 5.97 Å².